The molecule has 0 aliphatic carbocycles. The Balaban J connectivity index is 2.04. The monoisotopic (exact) mass is 451 g/mol. The molecule has 170 valence electrons. The van der Waals surface area contributed by atoms with Crippen LogP contribution in [-0.4, -0.2) is 35.0 Å². The van der Waals surface area contributed by atoms with E-state index in [0.29, 0.717) is 22.6 Å². The quantitative estimate of drug-likeness (QED) is 0.276. The molecule has 1 aromatic heterocycles. The highest BCUT2D eigenvalue weighted by atomic mass is 19.4. The van der Waals surface area contributed by atoms with Crippen LogP contribution in [0.4, 0.5) is 39.1 Å². The summed E-state index contributed by atoms with van der Waals surface area (Å²) in [5, 5.41) is 12.9. The van der Waals surface area contributed by atoms with E-state index in [2.05, 4.69) is 15.3 Å². The second-order valence-electron chi connectivity index (χ2n) is 7.08. The highest BCUT2D eigenvalue weighted by molar-refractivity contribution is 5.83. The predicted molar refractivity (Wildman–Crippen MR) is 113 cm³/mol. The summed E-state index contributed by atoms with van der Waals surface area (Å²) in [4.78, 5) is 1.42. The van der Waals surface area contributed by atoms with Gasteiger partial charge in [-0.1, -0.05) is 48.5 Å². The molecule has 10 heteroatoms. The van der Waals surface area contributed by atoms with Crippen molar-refractivity contribution in [2.45, 2.75) is 25.4 Å². The van der Waals surface area contributed by atoms with Crippen LogP contribution < -0.4 is 4.90 Å². The molecule has 0 aliphatic heterocycles. The number of benzene rings is 2. The number of hydrogen-bond acceptors (Lipinski definition) is 4. The van der Waals surface area contributed by atoms with E-state index in [4.69, 9.17) is 0 Å². The van der Waals surface area contributed by atoms with E-state index < -0.39 is 25.1 Å². The number of rotatable bonds is 8. The van der Waals surface area contributed by atoms with Crippen LogP contribution >= 0.6 is 0 Å². The second kappa shape index (κ2) is 9.46. The van der Waals surface area contributed by atoms with E-state index >= 15 is 0 Å². The van der Waals surface area contributed by atoms with Crippen LogP contribution in [0, 0.1) is 0 Å². The van der Waals surface area contributed by atoms with E-state index in [1.54, 1.807) is 62.5 Å². The van der Waals surface area contributed by atoms with Gasteiger partial charge in [0.15, 0.2) is 5.82 Å². The molecule has 3 rings (SSSR count). The minimum Gasteiger partial charge on any atom is -0.367 e. The van der Waals surface area contributed by atoms with Gasteiger partial charge >= 0.3 is 12.1 Å². The maximum absolute atomic E-state index is 13.6. The zero-order valence-electron chi connectivity index (χ0n) is 17.5. The molecule has 2 aromatic carbocycles. The molecule has 0 fully saturated rings. The van der Waals surface area contributed by atoms with Gasteiger partial charge < -0.3 is 4.90 Å². The molecule has 0 unspecified atom stereocenters. The fourth-order valence-electron chi connectivity index (χ4n) is 3.14. The van der Waals surface area contributed by atoms with Gasteiger partial charge in [-0.3, -0.25) is 0 Å². The minimum absolute atomic E-state index is 0.174. The number of aromatic nitrogens is 2. The van der Waals surface area contributed by atoms with Gasteiger partial charge in [-0.25, -0.2) is 4.68 Å². The maximum Gasteiger partial charge on any atom is 0.453 e. The number of anilines is 1. The van der Waals surface area contributed by atoms with Gasteiger partial charge in [0.1, 0.15) is 11.4 Å². The van der Waals surface area contributed by atoms with E-state index in [1.165, 1.54) is 9.58 Å². The number of hydrogen-bond donors (Lipinski definition) is 0. The number of aryl methyl sites for hydroxylation is 1. The Morgan fingerprint density at radius 1 is 0.906 bits per heavy atom. The van der Waals surface area contributed by atoms with Crippen LogP contribution in [0.2, 0.25) is 0 Å². The van der Waals surface area contributed by atoms with Crippen LogP contribution in [0.5, 0.6) is 0 Å². The Morgan fingerprint density at radius 3 is 2.06 bits per heavy atom. The summed E-state index contributed by atoms with van der Waals surface area (Å²) in [5.41, 5.74) is 2.01. The molecule has 0 N–H and O–H groups in total. The molecule has 32 heavy (non-hydrogen) atoms. The van der Waals surface area contributed by atoms with E-state index in [0.717, 1.165) is 0 Å². The number of alkyl halides is 5. The lowest BCUT2D eigenvalue weighted by molar-refractivity contribution is -0.283. The van der Waals surface area contributed by atoms with Crippen molar-refractivity contribution in [1.29, 1.82) is 0 Å². The molecule has 0 radical (unpaired) electrons. The van der Waals surface area contributed by atoms with E-state index in [1.807, 2.05) is 12.1 Å². The molecule has 1 heterocycles. The maximum atomic E-state index is 13.6. The van der Waals surface area contributed by atoms with Crippen LogP contribution in [0.1, 0.15) is 13.3 Å². The first-order valence-corrected chi connectivity index (χ1v) is 9.92. The molecule has 0 spiro atoms. The van der Waals surface area contributed by atoms with Crippen molar-refractivity contribution in [1.82, 2.24) is 9.78 Å². The van der Waals surface area contributed by atoms with Crippen molar-refractivity contribution in [3.8, 4) is 11.3 Å². The number of nitrogens with zero attached hydrogens (tertiary/aromatic N) is 5. The smallest absolute Gasteiger partial charge is 0.367 e. The Hall–Kier alpha value is -3.30. The Bertz CT molecular complexity index is 1050. The van der Waals surface area contributed by atoms with Gasteiger partial charge in [-0.05, 0) is 19.1 Å². The fourth-order valence-corrected chi connectivity index (χ4v) is 3.14. The molecule has 3 aromatic rings. The third kappa shape index (κ3) is 5.12. The first kappa shape index (κ1) is 23.4. The van der Waals surface area contributed by atoms with Crippen LogP contribution in [0.25, 0.3) is 11.3 Å². The van der Waals surface area contributed by atoms with Gasteiger partial charge in [-0.2, -0.15) is 27.1 Å². The summed E-state index contributed by atoms with van der Waals surface area (Å²) >= 11 is 0. The SMILES string of the molecule is CCN(CCC(F)(F)C(F)(F)F)c1c(-c2ccccc2)nn(C)c1N=Nc1ccccc1. The predicted octanol–water partition coefficient (Wildman–Crippen LogP) is 6.92. The highest BCUT2D eigenvalue weighted by Gasteiger charge is 2.56. The van der Waals surface area contributed by atoms with Gasteiger partial charge in [0.25, 0.3) is 0 Å². The number of azo groups is 1. The summed E-state index contributed by atoms with van der Waals surface area (Å²) in [6.45, 7) is 1.31. The molecule has 0 aliphatic rings. The normalized spacial score (nSPS) is 12.5. The zero-order valence-corrected chi connectivity index (χ0v) is 17.5. The fraction of sp³-hybridized carbons (Fsp3) is 0.318. The summed E-state index contributed by atoms with van der Waals surface area (Å²) in [7, 11) is 1.62. The minimum atomic E-state index is -5.61. The molecule has 0 bridgehead atoms. The molecule has 5 nitrogen and oxygen atoms in total. The Kier molecular flexibility index (Phi) is 6.90. The van der Waals surface area contributed by atoms with Crippen molar-refractivity contribution in [2.24, 2.45) is 17.3 Å². The van der Waals surface area contributed by atoms with Crippen molar-refractivity contribution < 1.29 is 22.0 Å². The van der Waals surface area contributed by atoms with Gasteiger partial charge in [0, 0.05) is 32.1 Å². The van der Waals surface area contributed by atoms with Crippen molar-refractivity contribution in [2.75, 3.05) is 18.0 Å². The van der Waals surface area contributed by atoms with Crippen LogP contribution in [0.15, 0.2) is 70.9 Å². The summed E-state index contributed by atoms with van der Waals surface area (Å²) in [6.07, 6.45) is -7.00. The average Bonchev–Trinajstić information content (AvgIpc) is 3.09. The average molecular weight is 451 g/mol. The summed E-state index contributed by atoms with van der Waals surface area (Å²) < 4.78 is 66.8. The Labute approximate surface area is 182 Å². The lowest BCUT2D eigenvalue weighted by Crippen LogP contribution is -2.40. The molecule has 0 saturated carbocycles. The van der Waals surface area contributed by atoms with Crippen molar-refractivity contribution >= 4 is 17.2 Å². The topological polar surface area (TPSA) is 45.8 Å². The summed E-state index contributed by atoms with van der Waals surface area (Å²) in [6, 6.07) is 17.8. The third-order valence-corrected chi connectivity index (χ3v) is 4.86. The molecular weight excluding hydrogens is 429 g/mol. The largest absolute Gasteiger partial charge is 0.453 e. The van der Waals surface area contributed by atoms with Crippen molar-refractivity contribution in [3.63, 3.8) is 0 Å². The van der Waals surface area contributed by atoms with E-state index in [9.17, 15) is 22.0 Å². The molecular formula is C22H22F5N5. The van der Waals surface area contributed by atoms with Gasteiger partial charge in [0.2, 0.25) is 0 Å². The van der Waals surface area contributed by atoms with Gasteiger partial charge in [-0.15, -0.1) is 10.2 Å². The Morgan fingerprint density at radius 2 is 1.50 bits per heavy atom. The lowest BCUT2D eigenvalue weighted by atomic mass is 10.1. The van der Waals surface area contributed by atoms with Crippen molar-refractivity contribution in [3.05, 3.63) is 60.7 Å². The van der Waals surface area contributed by atoms with Gasteiger partial charge in [0.05, 0.1) is 5.69 Å². The summed E-state index contributed by atoms with van der Waals surface area (Å²) in [5.74, 6) is -4.55. The third-order valence-electron chi connectivity index (χ3n) is 4.86. The first-order valence-electron chi connectivity index (χ1n) is 9.92. The molecule has 0 atom stereocenters. The standard InChI is InChI=1S/C22H22F5N5/c1-3-32(15-14-21(23,24)22(25,26)27)19-18(16-10-6-4-7-11-16)30-31(2)20(19)29-28-17-12-8-5-9-13-17/h4-13H,3,14-15H2,1-2H3. The van der Waals surface area contributed by atoms with Crippen LogP contribution in [-0.2, 0) is 7.05 Å². The number of halogens is 5. The highest BCUT2D eigenvalue weighted by Crippen LogP contribution is 2.42. The zero-order chi connectivity index (χ0) is 23.4. The van der Waals surface area contributed by atoms with E-state index in [-0.39, 0.29) is 12.4 Å². The lowest BCUT2D eigenvalue weighted by Gasteiger charge is -2.27. The molecule has 0 saturated heterocycles. The first-order chi connectivity index (χ1) is 15.1. The molecule has 0 amide bonds. The second-order valence-corrected chi connectivity index (χ2v) is 7.08. The van der Waals surface area contributed by atoms with Crippen LogP contribution in [0.3, 0.4) is 0 Å².